The lowest BCUT2D eigenvalue weighted by Gasteiger charge is -2.26. The molecule has 2 heterocycles. The minimum atomic E-state index is -0.477. The summed E-state index contributed by atoms with van der Waals surface area (Å²) in [5.74, 6) is 0.405. The third kappa shape index (κ3) is 1.85. The van der Waals surface area contributed by atoms with Gasteiger partial charge in [0.05, 0.1) is 20.3 Å². The van der Waals surface area contributed by atoms with Crippen molar-refractivity contribution >= 4 is 11.9 Å². The number of rotatable bonds is 2. The highest BCUT2D eigenvalue weighted by Gasteiger charge is 2.21. The Morgan fingerprint density at radius 2 is 2.06 bits per heavy atom. The molecule has 0 unspecified atom stereocenters. The Morgan fingerprint density at radius 1 is 1.38 bits per heavy atom. The quantitative estimate of drug-likeness (QED) is 0.629. The Hall–Kier alpha value is -1.63. The number of methoxy groups -OCH3 is 1. The molecule has 1 aromatic rings. The summed E-state index contributed by atoms with van der Waals surface area (Å²) in [6.45, 7) is 2.85. The van der Waals surface area contributed by atoms with Gasteiger partial charge in [-0.2, -0.15) is 0 Å². The summed E-state index contributed by atoms with van der Waals surface area (Å²) in [6.07, 6.45) is 0. The van der Waals surface area contributed by atoms with E-state index in [0.29, 0.717) is 19.2 Å². The van der Waals surface area contributed by atoms with E-state index >= 15 is 0 Å². The zero-order chi connectivity index (χ0) is 11.5. The maximum absolute atomic E-state index is 11.3. The van der Waals surface area contributed by atoms with E-state index in [4.69, 9.17) is 4.74 Å². The third-order valence-corrected chi connectivity index (χ3v) is 2.51. The van der Waals surface area contributed by atoms with Gasteiger partial charge < -0.3 is 14.4 Å². The molecule has 0 radical (unpaired) electrons. The van der Waals surface area contributed by atoms with Crippen molar-refractivity contribution in [3.63, 3.8) is 0 Å². The highest BCUT2D eigenvalue weighted by Crippen LogP contribution is 2.13. The van der Waals surface area contributed by atoms with Crippen LogP contribution in [0.1, 0.15) is 10.6 Å². The van der Waals surface area contributed by atoms with E-state index in [2.05, 4.69) is 14.9 Å². The van der Waals surface area contributed by atoms with E-state index in [1.54, 1.807) is 11.6 Å². The largest absolute Gasteiger partial charge is 0.463 e. The number of morpholine rings is 1. The minimum absolute atomic E-state index is 0.212. The summed E-state index contributed by atoms with van der Waals surface area (Å²) in [5, 5.41) is 7.81. The van der Waals surface area contributed by atoms with E-state index in [9.17, 15) is 4.79 Å². The Kier molecular flexibility index (Phi) is 3.04. The molecule has 0 N–H and O–H groups in total. The maximum Gasteiger partial charge on any atom is 0.376 e. The van der Waals surface area contributed by atoms with Crippen LogP contribution in [0.15, 0.2) is 0 Å². The summed E-state index contributed by atoms with van der Waals surface area (Å²) in [5.41, 5.74) is 0. The molecule has 1 aliphatic heterocycles. The molecule has 1 saturated heterocycles. The fraction of sp³-hybridized carbons (Fsp3) is 0.667. The summed E-state index contributed by atoms with van der Waals surface area (Å²) >= 11 is 0. The van der Waals surface area contributed by atoms with Gasteiger partial charge in [-0.1, -0.05) is 0 Å². The van der Waals surface area contributed by atoms with Crippen LogP contribution in [0, 0.1) is 0 Å². The van der Waals surface area contributed by atoms with E-state index in [1.807, 2.05) is 4.90 Å². The number of hydrogen-bond donors (Lipinski definition) is 0. The van der Waals surface area contributed by atoms with Gasteiger partial charge in [0.2, 0.25) is 11.8 Å². The molecule has 1 fully saturated rings. The molecule has 0 aromatic carbocycles. The molecule has 0 aliphatic carbocycles. The standard InChI is InChI=1S/C9H14N4O3/c1-12-7(8(14)15-2)10-11-9(12)13-3-5-16-6-4-13/h3-6H2,1-2H3. The number of aromatic nitrogens is 3. The van der Waals surface area contributed by atoms with E-state index in [-0.39, 0.29) is 5.82 Å². The van der Waals surface area contributed by atoms with Gasteiger partial charge in [0.1, 0.15) is 0 Å². The zero-order valence-electron chi connectivity index (χ0n) is 9.34. The topological polar surface area (TPSA) is 69.5 Å². The molecule has 16 heavy (non-hydrogen) atoms. The number of ether oxygens (including phenoxy) is 2. The van der Waals surface area contributed by atoms with Crippen molar-refractivity contribution in [2.24, 2.45) is 7.05 Å². The first-order valence-corrected chi connectivity index (χ1v) is 5.04. The molecule has 0 atom stereocenters. The predicted molar refractivity (Wildman–Crippen MR) is 55.4 cm³/mol. The lowest BCUT2D eigenvalue weighted by Crippen LogP contribution is -2.37. The SMILES string of the molecule is COC(=O)c1nnc(N2CCOCC2)n1C. The maximum atomic E-state index is 11.3. The van der Waals surface area contributed by atoms with Crippen molar-refractivity contribution < 1.29 is 14.3 Å². The van der Waals surface area contributed by atoms with Crippen LogP contribution < -0.4 is 4.90 Å². The Bertz CT molecular complexity index is 384. The van der Waals surface area contributed by atoms with Crippen molar-refractivity contribution in [2.45, 2.75) is 0 Å². The van der Waals surface area contributed by atoms with E-state index in [0.717, 1.165) is 13.1 Å². The molecular weight excluding hydrogens is 212 g/mol. The van der Waals surface area contributed by atoms with Crippen molar-refractivity contribution in [1.29, 1.82) is 0 Å². The van der Waals surface area contributed by atoms with Gasteiger partial charge in [0.15, 0.2) is 0 Å². The molecule has 7 nitrogen and oxygen atoms in total. The van der Waals surface area contributed by atoms with Crippen LogP contribution in [-0.2, 0) is 16.5 Å². The van der Waals surface area contributed by atoms with Crippen molar-refractivity contribution in [2.75, 3.05) is 38.3 Å². The van der Waals surface area contributed by atoms with E-state index in [1.165, 1.54) is 7.11 Å². The Labute approximate surface area is 93.0 Å². The molecule has 1 aliphatic rings. The van der Waals surface area contributed by atoms with Gasteiger partial charge in [-0.25, -0.2) is 4.79 Å². The van der Waals surface area contributed by atoms with Gasteiger partial charge in [-0.15, -0.1) is 10.2 Å². The van der Waals surface area contributed by atoms with E-state index < -0.39 is 5.97 Å². The highest BCUT2D eigenvalue weighted by molar-refractivity contribution is 5.85. The van der Waals surface area contributed by atoms with Gasteiger partial charge in [0.25, 0.3) is 0 Å². The van der Waals surface area contributed by atoms with Crippen molar-refractivity contribution in [3.05, 3.63) is 5.82 Å². The molecule has 0 spiro atoms. The first-order chi connectivity index (χ1) is 7.74. The molecule has 1 aromatic heterocycles. The Balaban J connectivity index is 2.21. The van der Waals surface area contributed by atoms with Crippen molar-refractivity contribution in [1.82, 2.24) is 14.8 Å². The molecule has 0 amide bonds. The first-order valence-electron chi connectivity index (χ1n) is 5.04. The number of carbonyl (C=O) groups is 1. The molecule has 7 heteroatoms. The lowest BCUT2D eigenvalue weighted by atomic mass is 10.4. The summed E-state index contributed by atoms with van der Waals surface area (Å²) < 4.78 is 11.5. The number of esters is 1. The fourth-order valence-corrected chi connectivity index (χ4v) is 1.63. The summed E-state index contributed by atoms with van der Waals surface area (Å²) in [7, 11) is 3.07. The minimum Gasteiger partial charge on any atom is -0.463 e. The molecule has 2 rings (SSSR count). The smallest absolute Gasteiger partial charge is 0.376 e. The monoisotopic (exact) mass is 226 g/mol. The number of carbonyl (C=O) groups excluding carboxylic acids is 1. The van der Waals surface area contributed by atoms with Gasteiger partial charge in [-0.3, -0.25) is 4.57 Å². The first kappa shape index (κ1) is 10.9. The van der Waals surface area contributed by atoms with Crippen molar-refractivity contribution in [3.8, 4) is 0 Å². The molecular formula is C9H14N4O3. The van der Waals surface area contributed by atoms with Crippen LogP contribution in [-0.4, -0.2) is 54.1 Å². The molecule has 0 bridgehead atoms. The van der Waals surface area contributed by atoms with Crippen LogP contribution in [0.25, 0.3) is 0 Å². The second-order valence-electron chi connectivity index (χ2n) is 3.47. The Morgan fingerprint density at radius 3 is 2.69 bits per heavy atom. The molecule has 88 valence electrons. The average molecular weight is 226 g/mol. The second kappa shape index (κ2) is 4.48. The van der Waals surface area contributed by atoms with Crippen LogP contribution in [0.4, 0.5) is 5.95 Å². The lowest BCUT2D eigenvalue weighted by molar-refractivity contribution is 0.0582. The van der Waals surface area contributed by atoms with Crippen LogP contribution in [0.3, 0.4) is 0 Å². The second-order valence-corrected chi connectivity index (χ2v) is 3.47. The zero-order valence-corrected chi connectivity index (χ0v) is 9.34. The van der Waals surface area contributed by atoms with Crippen LogP contribution in [0.5, 0.6) is 0 Å². The van der Waals surface area contributed by atoms with Gasteiger partial charge in [0, 0.05) is 20.1 Å². The predicted octanol–water partition coefficient (Wildman–Crippen LogP) is -0.562. The molecule has 0 saturated carbocycles. The van der Waals surface area contributed by atoms with Crippen LogP contribution in [0.2, 0.25) is 0 Å². The van der Waals surface area contributed by atoms with Crippen LogP contribution >= 0.6 is 0 Å². The number of anilines is 1. The summed E-state index contributed by atoms with van der Waals surface area (Å²) in [4.78, 5) is 13.4. The number of nitrogens with zero attached hydrogens (tertiary/aromatic N) is 4. The fourth-order valence-electron chi connectivity index (χ4n) is 1.63. The van der Waals surface area contributed by atoms with Gasteiger partial charge in [-0.05, 0) is 0 Å². The number of hydrogen-bond acceptors (Lipinski definition) is 6. The average Bonchev–Trinajstić information content (AvgIpc) is 2.71. The summed E-state index contributed by atoms with van der Waals surface area (Å²) in [6, 6.07) is 0. The normalized spacial score (nSPS) is 16.2. The highest BCUT2D eigenvalue weighted by atomic mass is 16.5. The van der Waals surface area contributed by atoms with Gasteiger partial charge >= 0.3 is 5.97 Å². The third-order valence-electron chi connectivity index (χ3n) is 2.51.